The van der Waals surface area contributed by atoms with Gasteiger partial charge in [0.1, 0.15) is 11.2 Å². The normalized spacial score (nSPS) is 16.3. The molecule has 0 bridgehead atoms. The van der Waals surface area contributed by atoms with E-state index in [1.54, 1.807) is 23.5 Å². The Morgan fingerprint density at radius 1 is 1.09 bits per heavy atom. The fourth-order valence-corrected chi connectivity index (χ4v) is 4.25. The van der Waals surface area contributed by atoms with Crippen LogP contribution in [0.25, 0.3) is 44.7 Å². The van der Waals surface area contributed by atoms with Crippen LogP contribution in [0.15, 0.2) is 55.0 Å². The highest BCUT2D eigenvalue weighted by atomic mass is 19.3. The van der Waals surface area contributed by atoms with Gasteiger partial charge in [-0.2, -0.15) is 5.10 Å². The molecule has 1 aliphatic heterocycles. The van der Waals surface area contributed by atoms with Crippen molar-refractivity contribution in [3.05, 3.63) is 60.6 Å². The Bertz CT molecular complexity index is 1410. The van der Waals surface area contributed by atoms with Crippen molar-refractivity contribution in [2.24, 2.45) is 0 Å². The van der Waals surface area contributed by atoms with Gasteiger partial charge in [0, 0.05) is 43.7 Å². The quantitative estimate of drug-likeness (QED) is 0.440. The molecule has 0 spiro atoms. The SMILES string of the molecule is FC1(F)CCN(Cc2cncc(-c3ccc4[nH]nc(-c5cc6ncccc6[nH]5)c4n3)c2)C1. The van der Waals surface area contributed by atoms with E-state index >= 15 is 0 Å². The van der Waals surface area contributed by atoms with Gasteiger partial charge in [0.2, 0.25) is 0 Å². The molecular weight excluding hydrogens is 412 g/mol. The van der Waals surface area contributed by atoms with Gasteiger partial charge in [0.25, 0.3) is 5.92 Å². The maximum Gasteiger partial charge on any atom is 0.261 e. The second-order valence-electron chi connectivity index (χ2n) is 8.18. The van der Waals surface area contributed by atoms with Crippen LogP contribution in [-0.2, 0) is 6.54 Å². The van der Waals surface area contributed by atoms with Crippen molar-refractivity contribution in [2.45, 2.75) is 18.9 Å². The lowest BCUT2D eigenvalue weighted by molar-refractivity contribution is 0.0115. The van der Waals surface area contributed by atoms with Gasteiger partial charge in [-0.15, -0.1) is 0 Å². The van der Waals surface area contributed by atoms with Crippen LogP contribution >= 0.6 is 0 Å². The molecule has 0 radical (unpaired) electrons. The summed E-state index contributed by atoms with van der Waals surface area (Å²) in [6.07, 6.45) is 5.12. The molecule has 0 amide bonds. The van der Waals surface area contributed by atoms with Crippen LogP contribution in [-0.4, -0.2) is 54.0 Å². The summed E-state index contributed by atoms with van der Waals surface area (Å²) in [6.45, 7) is 0.621. The molecule has 160 valence electrons. The van der Waals surface area contributed by atoms with E-state index in [4.69, 9.17) is 4.98 Å². The standard InChI is InChI=1S/C23H19F2N7/c24-23(25)5-7-32(13-23)12-14-8-15(11-26-10-14)16-3-4-18-21(29-16)22(31-30-18)20-9-19-17(28-20)2-1-6-27-19/h1-4,6,8-11,28H,5,7,12-13H2,(H,30,31). The Morgan fingerprint density at radius 2 is 2.03 bits per heavy atom. The van der Waals surface area contributed by atoms with E-state index in [0.29, 0.717) is 18.8 Å². The summed E-state index contributed by atoms with van der Waals surface area (Å²) in [5.74, 6) is -2.60. The van der Waals surface area contributed by atoms with E-state index in [1.807, 2.05) is 36.4 Å². The van der Waals surface area contributed by atoms with E-state index in [2.05, 4.69) is 25.1 Å². The van der Waals surface area contributed by atoms with Crippen molar-refractivity contribution in [3.63, 3.8) is 0 Å². The van der Waals surface area contributed by atoms with Crippen molar-refractivity contribution >= 4 is 22.1 Å². The number of nitrogens with one attached hydrogen (secondary N) is 2. The third-order valence-corrected chi connectivity index (χ3v) is 5.80. The number of nitrogens with zero attached hydrogens (tertiary/aromatic N) is 5. The molecule has 5 aromatic rings. The second-order valence-corrected chi connectivity index (χ2v) is 8.18. The maximum absolute atomic E-state index is 13.5. The highest BCUT2D eigenvalue weighted by Crippen LogP contribution is 2.30. The summed E-state index contributed by atoms with van der Waals surface area (Å²) in [5, 5.41) is 7.49. The average molecular weight is 431 g/mol. The van der Waals surface area contributed by atoms with Gasteiger partial charge >= 0.3 is 0 Å². The number of hydrogen-bond acceptors (Lipinski definition) is 5. The first kappa shape index (κ1) is 19.0. The van der Waals surface area contributed by atoms with Crippen LogP contribution in [0, 0.1) is 0 Å². The molecule has 0 saturated carbocycles. The number of hydrogen-bond donors (Lipinski definition) is 2. The first-order chi connectivity index (χ1) is 15.5. The Kier molecular flexibility index (Phi) is 4.25. The molecule has 9 heteroatoms. The average Bonchev–Trinajstić information content (AvgIpc) is 3.49. The molecule has 2 N–H and O–H groups in total. The molecule has 7 nitrogen and oxygen atoms in total. The molecule has 0 aliphatic carbocycles. The summed E-state index contributed by atoms with van der Waals surface area (Å²) in [7, 11) is 0. The zero-order chi connectivity index (χ0) is 21.7. The van der Waals surface area contributed by atoms with Crippen LogP contribution < -0.4 is 0 Å². The van der Waals surface area contributed by atoms with Crippen molar-refractivity contribution in [1.29, 1.82) is 0 Å². The van der Waals surface area contributed by atoms with Gasteiger partial charge in [-0.1, -0.05) is 0 Å². The lowest BCUT2D eigenvalue weighted by Gasteiger charge is -2.15. The molecule has 6 rings (SSSR count). The van der Waals surface area contributed by atoms with E-state index in [0.717, 1.165) is 44.6 Å². The van der Waals surface area contributed by atoms with Crippen LogP contribution in [0.4, 0.5) is 8.78 Å². The number of likely N-dealkylation sites (tertiary alicyclic amines) is 1. The van der Waals surface area contributed by atoms with E-state index in [9.17, 15) is 8.78 Å². The Labute approximate surface area is 181 Å². The van der Waals surface area contributed by atoms with Crippen LogP contribution in [0.5, 0.6) is 0 Å². The molecule has 0 aromatic carbocycles. The monoisotopic (exact) mass is 431 g/mol. The summed E-state index contributed by atoms with van der Waals surface area (Å²) in [5.41, 5.74) is 7.35. The third kappa shape index (κ3) is 3.40. The first-order valence-electron chi connectivity index (χ1n) is 10.4. The molecule has 32 heavy (non-hydrogen) atoms. The molecule has 0 atom stereocenters. The Balaban J connectivity index is 1.34. The number of alkyl halides is 2. The molecule has 1 aliphatic rings. The minimum atomic E-state index is -2.60. The fraction of sp³-hybridized carbons (Fsp3) is 0.217. The molecule has 1 saturated heterocycles. The van der Waals surface area contributed by atoms with Crippen molar-refractivity contribution in [2.75, 3.05) is 13.1 Å². The van der Waals surface area contributed by atoms with Gasteiger partial charge in [-0.3, -0.25) is 20.0 Å². The topological polar surface area (TPSA) is 86.4 Å². The summed E-state index contributed by atoms with van der Waals surface area (Å²) < 4.78 is 27.0. The minimum Gasteiger partial charge on any atom is -0.352 e. The van der Waals surface area contributed by atoms with E-state index in [-0.39, 0.29) is 13.0 Å². The predicted octanol–water partition coefficient (Wildman–Crippen LogP) is 4.40. The first-order valence-corrected chi connectivity index (χ1v) is 10.4. The lowest BCUT2D eigenvalue weighted by Crippen LogP contribution is -2.24. The molecule has 5 aromatic heterocycles. The van der Waals surface area contributed by atoms with Gasteiger partial charge in [0.05, 0.1) is 34.5 Å². The highest BCUT2D eigenvalue weighted by Gasteiger charge is 2.37. The lowest BCUT2D eigenvalue weighted by atomic mass is 10.1. The minimum absolute atomic E-state index is 0.0924. The van der Waals surface area contributed by atoms with Gasteiger partial charge < -0.3 is 4.98 Å². The number of H-pyrrole nitrogens is 2. The summed E-state index contributed by atoms with van der Waals surface area (Å²) in [6, 6.07) is 11.6. The Morgan fingerprint density at radius 3 is 2.88 bits per heavy atom. The largest absolute Gasteiger partial charge is 0.352 e. The van der Waals surface area contributed by atoms with E-state index in [1.165, 1.54) is 0 Å². The smallest absolute Gasteiger partial charge is 0.261 e. The van der Waals surface area contributed by atoms with Gasteiger partial charge in [0.15, 0.2) is 0 Å². The number of pyridine rings is 3. The second kappa shape index (κ2) is 7.16. The number of fused-ring (bicyclic) bond motifs is 2. The zero-order valence-electron chi connectivity index (χ0n) is 17.0. The summed E-state index contributed by atoms with van der Waals surface area (Å²) >= 11 is 0. The number of rotatable bonds is 4. The number of halogens is 2. The van der Waals surface area contributed by atoms with Crippen molar-refractivity contribution in [3.8, 4) is 22.6 Å². The highest BCUT2D eigenvalue weighted by molar-refractivity contribution is 5.93. The van der Waals surface area contributed by atoms with Crippen LogP contribution in [0.1, 0.15) is 12.0 Å². The van der Waals surface area contributed by atoms with E-state index < -0.39 is 5.92 Å². The molecule has 1 fully saturated rings. The van der Waals surface area contributed by atoms with Gasteiger partial charge in [-0.25, -0.2) is 13.8 Å². The van der Waals surface area contributed by atoms with Gasteiger partial charge in [-0.05, 0) is 42.0 Å². The van der Waals surface area contributed by atoms with Crippen LogP contribution in [0.3, 0.4) is 0 Å². The zero-order valence-corrected chi connectivity index (χ0v) is 17.0. The third-order valence-electron chi connectivity index (χ3n) is 5.80. The number of aromatic amines is 2. The maximum atomic E-state index is 13.5. The Hall–Kier alpha value is -3.72. The molecule has 6 heterocycles. The van der Waals surface area contributed by atoms with Crippen molar-refractivity contribution in [1.82, 2.24) is 35.0 Å². The predicted molar refractivity (Wildman–Crippen MR) is 117 cm³/mol. The summed E-state index contributed by atoms with van der Waals surface area (Å²) in [4.78, 5) is 18.6. The number of aromatic nitrogens is 6. The molecule has 0 unspecified atom stereocenters. The van der Waals surface area contributed by atoms with Crippen molar-refractivity contribution < 1.29 is 8.78 Å². The fourth-order valence-electron chi connectivity index (χ4n) is 4.25. The van der Waals surface area contributed by atoms with Crippen LogP contribution in [0.2, 0.25) is 0 Å². The molecular formula is C23H19F2N7.